The number of ether oxygens (including phenoxy) is 3. The molecule has 0 aliphatic heterocycles. The fraction of sp³-hybridized carbons (Fsp3) is 0.182. The van der Waals surface area contributed by atoms with Gasteiger partial charge in [-0.15, -0.1) is 0 Å². The van der Waals surface area contributed by atoms with Crippen LogP contribution in [-0.4, -0.2) is 35.6 Å². The van der Waals surface area contributed by atoms with Gasteiger partial charge in [0.25, 0.3) is 0 Å². The van der Waals surface area contributed by atoms with E-state index < -0.39 is 28.9 Å². The zero-order chi connectivity index (χ0) is 30.8. The number of carbonyl (C=O) groups excluding carboxylic acids is 2. The molecule has 2 aliphatic carbocycles. The van der Waals surface area contributed by atoms with Crippen LogP contribution in [0.3, 0.4) is 0 Å². The molecule has 0 atom stereocenters. The first-order chi connectivity index (χ1) is 21.2. The number of carbonyl (C=O) groups is 2. The van der Waals surface area contributed by atoms with E-state index in [9.17, 15) is 19.1 Å². The largest absolute Gasteiger partial charge is 0.508 e. The first-order valence-electron chi connectivity index (χ1n) is 13.8. The van der Waals surface area contributed by atoms with Gasteiger partial charge in [0.1, 0.15) is 29.3 Å². The van der Waals surface area contributed by atoms with Crippen LogP contribution in [0.25, 0.3) is 10.9 Å². The molecule has 1 fully saturated rings. The lowest BCUT2D eigenvalue weighted by Gasteiger charge is -2.16. The Kier molecular flexibility index (Phi) is 7.60. The molecule has 4 aromatic rings. The standard InChI is InChI=1S/C33H27F2N3O6/c1-42-29-16-24-26(17-30(29)43-18-19-2-8-23(39)14-19)36-13-10-27(24)44-28-9-7-22(15-25(28)35)38-32(41)33(11-12-33)31(40)37-21-5-3-20(34)4-6-21/h3-10,13-17,39H,2,11-12,18H2,1H3,(H,37,40)(H,38,41). The maximum absolute atomic E-state index is 15.2. The minimum absolute atomic E-state index is 0.0922. The van der Waals surface area contributed by atoms with Crippen LogP contribution in [0.2, 0.25) is 0 Å². The van der Waals surface area contributed by atoms with Crippen LogP contribution in [0.15, 0.2) is 90.3 Å². The van der Waals surface area contributed by atoms with Gasteiger partial charge in [-0.25, -0.2) is 8.78 Å². The maximum Gasteiger partial charge on any atom is 0.240 e. The lowest BCUT2D eigenvalue weighted by atomic mass is 10.0. The highest BCUT2D eigenvalue weighted by Gasteiger charge is 2.56. The average molecular weight is 600 g/mol. The number of aliphatic hydroxyl groups excluding tert-OH is 1. The van der Waals surface area contributed by atoms with Gasteiger partial charge < -0.3 is 30.0 Å². The molecule has 1 heterocycles. The number of hydrogen-bond acceptors (Lipinski definition) is 7. The molecule has 1 aromatic heterocycles. The Bertz CT molecular complexity index is 1830. The SMILES string of the molecule is COc1cc2c(Oc3ccc(NC(=O)C4(C(=O)Nc5ccc(F)cc5)CC4)cc3F)ccnc2cc1OCC1=CC(O)=CC1. The zero-order valence-corrected chi connectivity index (χ0v) is 23.5. The topological polar surface area (TPSA) is 119 Å². The Morgan fingerprint density at radius 1 is 0.909 bits per heavy atom. The summed E-state index contributed by atoms with van der Waals surface area (Å²) in [6.07, 6.45) is 6.13. The van der Waals surface area contributed by atoms with E-state index in [4.69, 9.17) is 14.2 Å². The Morgan fingerprint density at radius 3 is 2.30 bits per heavy atom. The molecular formula is C33H27F2N3O6. The minimum atomic E-state index is -1.29. The highest BCUT2D eigenvalue weighted by atomic mass is 19.1. The fourth-order valence-electron chi connectivity index (χ4n) is 4.82. The lowest BCUT2D eigenvalue weighted by molar-refractivity contribution is -0.131. The van der Waals surface area contributed by atoms with Crippen molar-refractivity contribution in [2.45, 2.75) is 19.3 Å². The second-order valence-corrected chi connectivity index (χ2v) is 10.5. The number of halogens is 2. The molecule has 0 radical (unpaired) electrons. The van der Waals surface area contributed by atoms with E-state index in [1.165, 1.54) is 49.7 Å². The van der Waals surface area contributed by atoms with Gasteiger partial charge in [0, 0.05) is 35.1 Å². The number of aliphatic hydroxyl groups is 1. The van der Waals surface area contributed by atoms with Crippen molar-refractivity contribution in [3.8, 4) is 23.0 Å². The molecule has 44 heavy (non-hydrogen) atoms. The van der Waals surface area contributed by atoms with Gasteiger partial charge in [-0.1, -0.05) is 0 Å². The van der Waals surface area contributed by atoms with Crippen molar-refractivity contribution in [1.29, 1.82) is 0 Å². The van der Waals surface area contributed by atoms with E-state index in [1.807, 2.05) is 0 Å². The Balaban J connectivity index is 1.15. The summed E-state index contributed by atoms with van der Waals surface area (Å²) in [6, 6.07) is 14.2. The summed E-state index contributed by atoms with van der Waals surface area (Å²) >= 11 is 0. The van der Waals surface area contributed by atoms with Crippen molar-refractivity contribution in [3.63, 3.8) is 0 Å². The van der Waals surface area contributed by atoms with Crippen molar-refractivity contribution in [2.24, 2.45) is 5.41 Å². The molecule has 2 amide bonds. The van der Waals surface area contributed by atoms with Crippen LogP contribution < -0.4 is 24.8 Å². The third-order valence-electron chi connectivity index (χ3n) is 7.46. The number of hydrogen-bond donors (Lipinski definition) is 3. The van der Waals surface area contributed by atoms with E-state index in [0.717, 1.165) is 11.6 Å². The van der Waals surface area contributed by atoms with Crippen molar-refractivity contribution in [1.82, 2.24) is 4.98 Å². The fourth-order valence-corrected chi connectivity index (χ4v) is 4.82. The van der Waals surface area contributed by atoms with Gasteiger partial charge in [-0.05, 0) is 85.5 Å². The van der Waals surface area contributed by atoms with Crippen molar-refractivity contribution in [2.75, 3.05) is 24.4 Å². The predicted octanol–water partition coefficient (Wildman–Crippen LogP) is 6.82. The Labute approximate surface area is 250 Å². The summed E-state index contributed by atoms with van der Waals surface area (Å²) < 4.78 is 45.7. The van der Waals surface area contributed by atoms with Crippen molar-refractivity contribution < 1.29 is 37.7 Å². The van der Waals surface area contributed by atoms with Crippen LogP contribution >= 0.6 is 0 Å². The van der Waals surface area contributed by atoms with E-state index in [0.29, 0.717) is 53.1 Å². The van der Waals surface area contributed by atoms with Crippen LogP contribution in [0, 0.1) is 17.0 Å². The van der Waals surface area contributed by atoms with E-state index >= 15 is 4.39 Å². The number of pyridine rings is 1. The molecule has 0 bridgehead atoms. The van der Waals surface area contributed by atoms with E-state index in [2.05, 4.69) is 15.6 Å². The summed E-state index contributed by atoms with van der Waals surface area (Å²) in [6.45, 7) is 0.257. The molecule has 11 heteroatoms. The van der Waals surface area contributed by atoms with Crippen LogP contribution in [0.1, 0.15) is 19.3 Å². The molecule has 3 N–H and O–H groups in total. The third-order valence-corrected chi connectivity index (χ3v) is 7.46. The molecule has 0 unspecified atom stereocenters. The van der Waals surface area contributed by atoms with E-state index in [-0.39, 0.29) is 23.8 Å². The van der Waals surface area contributed by atoms with Gasteiger partial charge in [0.05, 0.1) is 12.6 Å². The van der Waals surface area contributed by atoms with Gasteiger partial charge in [-0.3, -0.25) is 14.6 Å². The van der Waals surface area contributed by atoms with Crippen LogP contribution in [0.5, 0.6) is 23.0 Å². The summed E-state index contributed by atoms with van der Waals surface area (Å²) in [5.74, 6) is -0.954. The number of nitrogens with one attached hydrogen (secondary N) is 2. The molecule has 224 valence electrons. The van der Waals surface area contributed by atoms with Crippen LogP contribution in [-0.2, 0) is 9.59 Å². The van der Waals surface area contributed by atoms with Gasteiger partial charge in [0.15, 0.2) is 23.1 Å². The minimum Gasteiger partial charge on any atom is -0.508 e. The molecule has 0 spiro atoms. The summed E-state index contributed by atoms with van der Waals surface area (Å²) in [5, 5.41) is 15.4. The first kappa shape index (κ1) is 28.7. The normalized spacial score (nSPS) is 14.8. The Hall–Kier alpha value is -5.45. The van der Waals surface area contributed by atoms with Crippen molar-refractivity contribution >= 4 is 34.1 Å². The number of amides is 2. The molecule has 0 saturated heterocycles. The van der Waals surface area contributed by atoms with Gasteiger partial charge in [0.2, 0.25) is 11.8 Å². The molecule has 3 aromatic carbocycles. The second kappa shape index (κ2) is 11.7. The second-order valence-electron chi connectivity index (χ2n) is 10.5. The highest BCUT2D eigenvalue weighted by Crippen LogP contribution is 2.47. The zero-order valence-electron chi connectivity index (χ0n) is 23.5. The number of anilines is 2. The smallest absolute Gasteiger partial charge is 0.240 e. The number of fused-ring (bicyclic) bond motifs is 1. The van der Waals surface area contributed by atoms with Gasteiger partial charge in [-0.2, -0.15) is 0 Å². The van der Waals surface area contributed by atoms with Crippen molar-refractivity contribution in [3.05, 3.63) is 102 Å². The number of aromatic nitrogens is 1. The summed E-state index contributed by atoms with van der Waals surface area (Å²) in [7, 11) is 1.50. The average Bonchev–Trinajstić information content (AvgIpc) is 3.73. The number of benzene rings is 3. The van der Waals surface area contributed by atoms with E-state index in [1.54, 1.807) is 30.4 Å². The predicted molar refractivity (Wildman–Crippen MR) is 159 cm³/mol. The molecule has 9 nitrogen and oxygen atoms in total. The quantitative estimate of drug-likeness (QED) is 0.171. The third kappa shape index (κ3) is 5.89. The van der Waals surface area contributed by atoms with Crippen LogP contribution in [0.4, 0.5) is 20.2 Å². The highest BCUT2D eigenvalue weighted by molar-refractivity contribution is 6.16. The number of allylic oxidation sites excluding steroid dienone is 2. The molecule has 2 aliphatic rings. The van der Waals surface area contributed by atoms with Gasteiger partial charge >= 0.3 is 0 Å². The Morgan fingerprint density at radius 2 is 1.64 bits per heavy atom. The summed E-state index contributed by atoms with van der Waals surface area (Å²) in [5.41, 5.74) is 0.672. The number of nitrogens with zero attached hydrogens (tertiary/aromatic N) is 1. The first-order valence-corrected chi connectivity index (χ1v) is 13.8. The molecular weight excluding hydrogens is 572 g/mol. The molecule has 1 saturated carbocycles. The maximum atomic E-state index is 15.2. The number of rotatable bonds is 10. The number of methoxy groups -OCH3 is 1. The monoisotopic (exact) mass is 599 g/mol. The summed E-state index contributed by atoms with van der Waals surface area (Å²) in [4.78, 5) is 30.2. The lowest BCUT2D eigenvalue weighted by Crippen LogP contribution is -2.35. The molecule has 6 rings (SSSR count).